The van der Waals surface area contributed by atoms with E-state index in [1.165, 1.54) is 6.07 Å². The summed E-state index contributed by atoms with van der Waals surface area (Å²) in [6.45, 7) is 0. The topological polar surface area (TPSA) is 49.3 Å². The van der Waals surface area contributed by atoms with E-state index in [1.807, 2.05) is 0 Å². The number of carboxylic acid groups (broad SMARTS) is 1. The van der Waals surface area contributed by atoms with Crippen molar-refractivity contribution in [2.24, 2.45) is 0 Å². The van der Waals surface area contributed by atoms with Gasteiger partial charge in [-0.15, -0.1) is 0 Å². The molecule has 0 radical (unpaired) electrons. The Hall–Kier alpha value is -1.42. The molecule has 2 aromatic rings. The maximum absolute atomic E-state index is 11.5. The zero-order valence-corrected chi connectivity index (χ0v) is 12.4. The molecule has 6 heteroatoms. The van der Waals surface area contributed by atoms with E-state index < -0.39 is 12.0 Å². The van der Waals surface area contributed by atoms with Crippen molar-refractivity contribution in [3.8, 4) is 0 Å². The van der Waals surface area contributed by atoms with Crippen molar-refractivity contribution in [3.63, 3.8) is 0 Å². The summed E-state index contributed by atoms with van der Waals surface area (Å²) in [6.07, 6.45) is 0. The average molecular weight is 331 g/mol. The largest absolute Gasteiger partial charge is 0.479 e. The van der Waals surface area contributed by atoms with E-state index in [-0.39, 0.29) is 0 Å². The van der Waals surface area contributed by atoms with Gasteiger partial charge in [-0.25, -0.2) is 4.79 Å². The first-order valence-corrected chi connectivity index (χ1v) is 6.80. The highest BCUT2D eigenvalue weighted by Crippen LogP contribution is 2.29. The molecule has 2 aromatic carbocycles. The molecule has 0 saturated heterocycles. The zero-order chi connectivity index (χ0) is 14.7. The molecule has 0 aliphatic carbocycles. The molecule has 0 saturated carbocycles. The van der Waals surface area contributed by atoms with E-state index >= 15 is 0 Å². The molecule has 104 valence electrons. The van der Waals surface area contributed by atoms with Crippen molar-refractivity contribution in [3.05, 3.63) is 63.1 Å². The van der Waals surface area contributed by atoms with Gasteiger partial charge in [-0.1, -0.05) is 40.9 Å². The number of rotatable bonds is 4. The Morgan fingerprint density at radius 3 is 2.40 bits per heavy atom. The van der Waals surface area contributed by atoms with Crippen LogP contribution in [-0.4, -0.2) is 11.1 Å². The van der Waals surface area contributed by atoms with Crippen molar-refractivity contribution in [1.29, 1.82) is 0 Å². The molecule has 1 unspecified atom stereocenters. The fourth-order valence-electron chi connectivity index (χ4n) is 1.75. The van der Waals surface area contributed by atoms with E-state index in [9.17, 15) is 9.90 Å². The van der Waals surface area contributed by atoms with Crippen LogP contribution in [0.4, 0.5) is 5.69 Å². The lowest BCUT2D eigenvalue weighted by Gasteiger charge is -2.17. The lowest BCUT2D eigenvalue weighted by molar-refractivity contribution is -0.138. The zero-order valence-electron chi connectivity index (χ0n) is 10.1. The van der Waals surface area contributed by atoms with Gasteiger partial charge in [0.15, 0.2) is 6.04 Å². The van der Waals surface area contributed by atoms with Crippen LogP contribution < -0.4 is 5.32 Å². The number of nitrogens with one attached hydrogen (secondary N) is 1. The van der Waals surface area contributed by atoms with Gasteiger partial charge in [-0.2, -0.15) is 0 Å². The van der Waals surface area contributed by atoms with Crippen LogP contribution in [0.5, 0.6) is 0 Å². The van der Waals surface area contributed by atoms with Crippen LogP contribution >= 0.6 is 34.8 Å². The molecule has 2 N–H and O–H groups in total. The normalized spacial score (nSPS) is 11.9. The first-order valence-electron chi connectivity index (χ1n) is 5.67. The number of anilines is 1. The van der Waals surface area contributed by atoms with E-state index in [4.69, 9.17) is 34.8 Å². The van der Waals surface area contributed by atoms with Gasteiger partial charge < -0.3 is 10.4 Å². The summed E-state index contributed by atoms with van der Waals surface area (Å²) in [4.78, 5) is 11.5. The highest BCUT2D eigenvalue weighted by molar-refractivity contribution is 6.34. The minimum absolute atomic E-state index is 0.330. The molecular formula is C14H10Cl3NO2. The Bertz CT molecular complexity index is 646. The number of aliphatic carboxylic acids is 1. The van der Waals surface area contributed by atoms with Crippen LogP contribution in [0.3, 0.4) is 0 Å². The van der Waals surface area contributed by atoms with Crippen molar-refractivity contribution in [1.82, 2.24) is 0 Å². The highest BCUT2D eigenvalue weighted by atomic mass is 35.5. The minimum Gasteiger partial charge on any atom is -0.479 e. The van der Waals surface area contributed by atoms with Crippen LogP contribution in [0.2, 0.25) is 15.1 Å². The van der Waals surface area contributed by atoms with E-state index in [1.54, 1.807) is 36.4 Å². The summed E-state index contributed by atoms with van der Waals surface area (Å²) in [5.74, 6) is -1.06. The molecule has 0 amide bonds. The van der Waals surface area contributed by atoms with Gasteiger partial charge in [-0.05, 0) is 36.4 Å². The smallest absolute Gasteiger partial charge is 0.330 e. The molecule has 2 rings (SSSR count). The molecule has 1 atom stereocenters. The van der Waals surface area contributed by atoms with Crippen molar-refractivity contribution < 1.29 is 9.90 Å². The molecule has 0 aliphatic heterocycles. The standard InChI is InChI=1S/C14H10Cl3NO2/c15-8-2-1-3-10(6-8)18-13(14(19)20)11-7-9(16)4-5-12(11)17/h1-7,13,18H,(H,19,20). The number of carbonyl (C=O) groups is 1. The number of hydrogen-bond donors (Lipinski definition) is 2. The van der Waals surface area contributed by atoms with E-state index in [0.717, 1.165) is 0 Å². The SMILES string of the molecule is O=C(O)C(Nc1cccc(Cl)c1)c1cc(Cl)ccc1Cl. The Morgan fingerprint density at radius 2 is 1.75 bits per heavy atom. The summed E-state index contributed by atoms with van der Waals surface area (Å²) in [5.41, 5.74) is 0.979. The summed E-state index contributed by atoms with van der Waals surface area (Å²) in [7, 11) is 0. The van der Waals surface area contributed by atoms with Gasteiger partial charge in [0, 0.05) is 26.3 Å². The van der Waals surface area contributed by atoms with Gasteiger partial charge in [0.1, 0.15) is 0 Å². The van der Waals surface area contributed by atoms with Gasteiger partial charge in [-0.3, -0.25) is 0 Å². The summed E-state index contributed by atoms with van der Waals surface area (Å²) >= 11 is 17.8. The molecular weight excluding hydrogens is 321 g/mol. The summed E-state index contributed by atoms with van der Waals surface area (Å²) in [6, 6.07) is 10.5. The quantitative estimate of drug-likeness (QED) is 0.839. The van der Waals surface area contributed by atoms with Crippen molar-refractivity contribution >= 4 is 46.5 Å². The Morgan fingerprint density at radius 1 is 1.05 bits per heavy atom. The molecule has 0 heterocycles. The van der Waals surface area contributed by atoms with Gasteiger partial charge >= 0.3 is 5.97 Å². The van der Waals surface area contributed by atoms with Crippen molar-refractivity contribution in [2.45, 2.75) is 6.04 Å². The number of hydrogen-bond acceptors (Lipinski definition) is 2. The van der Waals surface area contributed by atoms with E-state index in [0.29, 0.717) is 26.3 Å². The van der Waals surface area contributed by atoms with Crippen LogP contribution in [0.25, 0.3) is 0 Å². The van der Waals surface area contributed by atoms with Crippen LogP contribution in [0.1, 0.15) is 11.6 Å². The molecule has 20 heavy (non-hydrogen) atoms. The number of carboxylic acids is 1. The summed E-state index contributed by atoms with van der Waals surface area (Å²) in [5, 5.41) is 13.5. The van der Waals surface area contributed by atoms with E-state index in [2.05, 4.69) is 5.32 Å². The van der Waals surface area contributed by atoms with Crippen LogP contribution in [0.15, 0.2) is 42.5 Å². The average Bonchev–Trinajstić information content (AvgIpc) is 2.39. The van der Waals surface area contributed by atoms with Crippen LogP contribution in [-0.2, 0) is 4.79 Å². The lowest BCUT2D eigenvalue weighted by Crippen LogP contribution is -2.20. The van der Waals surface area contributed by atoms with Gasteiger partial charge in [0.25, 0.3) is 0 Å². The second-order valence-electron chi connectivity index (χ2n) is 4.09. The minimum atomic E-state index is -1.06. The number of benzene rings is 2. The predicted molar refractivity (Wildman–Crippen MR) is 81.9 cm³/mol. The molecule has 0 aromatic heterocycles. The molecule has 3 nitrogen and oxygen atoms in total. The Balaban J connectivity index is 2.37. The number of halogens is 3. The fourth-order valence-corrected chi connectivity index (χ4v) is 2.35. The highest BCUT2D eigenvalue weighted by Gasteiger charge is 2.22. The third-order valence-electron chi connectivity index (χ3n) is 2.65. The Kier molecular flexibility index (Phi) is 4.76. The second kappa shape index (κ2) is 6.35. The maximum atomic E-state index is 11.5. The molecule has 0 fully saturated rings. The lowest BCUT2D eigenvalue weighted by atomic mass is 10.1. The predicted octanol–water partition coefficient (Wildman–Crippen LogP) is 4.88. The third-order valence-corrected chi connectivity index (χ3v) is 3.47. The van der Waals surface area contributed by atoms with Gasteiger partial charge in [0.05, 0.1) is 0 Å². The first-order chi connectivity index (χ1) is 9.47. The van der Waals surface area contributed by atoms with Crippen LogP contribution in [0, 0.1) is 0 Å². The fraction of sp³-hybridized carbons (Fsp3) is 0.0714. The second-order valence-corrected chi connectivity index (χ2v) is 5.37. The monoisotopic (exact) mass is 329 g/mol. The third kappa shape index (κ3) is 3.57. The molecule has 0 spiro atoms. The molecule has 0 aliphatic rings. The van der Waals surface area contributed by atoms with Gasteiger partial charge in [0.2, 0.25) is 0 Å². The maximum Gasteiger partial charge on any atom is 0.330 e. The summed E-state index contributed by atoms with van der Waals surface area (Å²) < 4.78 is 0. The Labute approximate surface area is 131 Å². The van der Waals surface area contributed by atoms with Crippen molar-refractivity contribution in [2.75, 3.05) is 5.32 Å². The molecule has 0 bridgehead atoms. The first kappa shape index (κ1) is 15.0.